The molecule has 135 valence electrons. The fourth-order valence-electron chi connectivity index (χ4n) is 3.67. The number of imidazole rings is 2. The van der Waals surface area contributed by atoms with Gasteiger partial charge in [-0.1, -0.05) is 23.3 Å². The number of fused-ring (bicyclic) bond motifs is 1. The molecule has 0 saturated heterocycles. The average Bonchev–Trinajstić information content (AvgIpc) is 3.12. The Morgan fingerprint density at radius 1 is 1.04 bits per heavy atom. The van der Waals surface area contributed by atoms with Gasteiger partial charge in [0.2, 0.25) is 0 Å². The molecule has 0 N–H and O–H groups in total. The quantitative estimate of drug-likeness (QED) is 0.365. The maximum atomic E-state index is 4.74. The van der Waals surface area contributed by atoms with Crippen LogP contribution >= 0.6 is 0 Å². The zero-order valence-corrected chi connectivity index (χ0v) is 18.0. The molecule has 0 aliphatic rings. The first-order valence-electron chi connectivity index (χ1n) is 8.43. The third kappa shape index (κ3) is 2.81. The van der Waals surface area contributed by atoms with E-state index in [2.05, 4.69) is 59.2 Å². The molecule has 1 radical (unpaired) electrons. The van der Waals surface area contributed by atoms with Gasteiger partial charge in [0.25, 0.3) is 0 Å². The molecule has 4 rings (SSSR count). The third-order valence-electron chi connectivity index (χ3n) is 4.81. The van der Waals surface area contributed by atoms with Crippen molar-refractivity contribution in [2.75, 3.05) is 0 Å². The summed E-state index contributed by atoms with van der Waals surface area (Å²) >= 11 is 0. The SMILES string of the molecule is Cc1cc(C)c(-n2ccnc2-c2[c-]ccc3c2nc(C)n3C)c(C)c1.[Ir]. The molecule has 4 nitrogen and oxygen atoms in total. The van der Waals surface area contributed by atoms with Gasteiger partial charge in [0.05, 0.1) is 11.6 Å². The maximum absolute atomic E-state index is 4.74. The van der Waals surface area contributed by atoms with Crippen molar-refractivity contribution in [1.82, 2.24) is 19.1 Å². The largest absolute Gasteiger partial charge is 0.349 e. The second-order valence-corrected chi connectivity index (χ2v) is 6.67. The average molecular weight is 522 g/mol. The van der Waals surface area contributed by atoms with E-state index >= 15 is 0 Å². The van der Waals surface area contributed by atoms with Gasteiger partial charge in [-0.05, 0) is 44.3 Å². The van der Waals surface area contributed by atoms with E-state index in [1.165, 1.54) is 22.4 Å². The predicted octanol–water partition coefficient (Wildman–Crippen LogP) is 4.46. The molecule has 2 heterocycles. The van der Waals surface area contributed by atoms with Crippen LogP contribution < -0.4 is 0 Å². The van der Waals surface area contributed by atoms with Crippen molar-refractivity contribution in [1.29, 1.82) is 0 Å². The first-order valence-corrected chi connectivity index (χ1v) is 8.43. The Kier molecular flexibility index (Phi) is 4.87. The van der Waals surface area contributed by atoms with Crippen molar-refractivity contribution < 1.29 is 20.1 Å². The van der Waals surface area contributed by atoms with Crippen LogP contribution in [0, 0.1) is 33.8 Å². The standard InChI is InChI=1S/C21H21N4.Ir/c1-13-11-14(2)20(15(3)12-13)25-10-9-22-21(25)17-7-6-8-18-19(17)23-16(4)24(18)5;/h6,8-12H,1-5H3;/q-1;. The summed E-state index contributed by atoms with van der Waals surface area (Å²) in [5, 5.41) is 0. The molecule has 26 heavy (non-hydrogen) atoms. The van der Waals surface area contributed by atoms with Crippen molar-refractivity contribution >= 4 is 11.0 Å². The molecule has 0 fully saturated rings. The van der Waals surface area contributed by atoms with Crippen LogP contribution in [0.5, 0.6) is 0 Å². The summed E-state index contributed by atoms with van der Waals surface area (Å²) in [5.74, 6) is 1.86. The monoisotopic (exact) mass is 522 g/mol. The van der Waals surface area contributed by atoms with E-state index in [-0.39, 0.29) is 20.1 Å². The number of rotatable bonds is 2. The van der Waals surface area contributed by atoms with Gasteiger partial charge >= 0.3 is 0 Å². The number of hydrogen-bond acceptors (Lipinski definition) is 2. The first kappa shape index (κ1) is 18.6. The number of aryl methyl sites for hydroxylation is 5. The summed E-state index contributed by atoms with van der Waals surface area (Å²) in [5.41, 5.74) is 7.90. The number of nitrogens with zero attached hydrogens (tertiary/aromatic N) is 4. The van der Waals surface area contributed by atoms with E-state index in [4.69, 9.17) is 4.98 Å². The Balaban J connectivity index is 0.00000196. The van der Waals surface area contributed by atoms with Crippen LogP contribution in [-0.4, -0.2) is 19.1 Å². The van der Waals surface area contributed by atoms with E-state index in [1.54, 1.807) is 0 Å². The van der Waals surface area contributed by atoms with Crippen molar-refractivity contribution in [3.05, 3.63) is 65.2 Å². The topological polar surface area (TPSA) is 35.6 Å². The molecule has 4 aromatic rings. The van der Waals surface area contributed by atoms with Crippen LogP contribution in [-0.2, 0) is 27.2 Å². The molecule has 2 aromatic heterocycles. The van der Waals surface area contributed by atoms with E-state index in [0.717, 1.165) is 28.2 Å². The number of hydrogen-bond donors (Lipinski definition) is 0. The van der Waals surface area contributed by atoms with Crippen LogP contribution in [0.2, 0.25) is 0 Å². The molecule has 0 spiro atoms. The molecule has 0 amide bonds. The van der Waals surface area contributed by atoms with Gasteiger partial charge < -0.3 is 9.13 Å². The van der Waals surface area contributed by atoms with Crippen LogP contribution in [0.25, 0.3) is 28.1 Å². The second kappa shape index (κ2) is 6.82. The van der Waals surface area contributed by atoms with E-state index in [9.17, 15) is 0 Å². The van der Waals surface area contributed by atoms with Gasteiger partial charge in [0, 0.05) is 50.8 Å². The van der Waals surface area contributed by atoms with Crippen molar-refractivity contribution in [3.63, 3.8) is 0 Å². The Bertz CT molecular complexity index is 1080. The Labute approximate surface area is 167 Å². The number of aromatic nitrogens is 4. The van der Waals surface area contributed by atoms with Gasteiger partial charge in [-0.3, -0.25) is 9.97 Å². The number of benzene rings is 2. The van der Waals surface area contributed by atoms with E-state index in [1.807, 2.05) is 32.4 Å². The van der Waals surface area contributed by atoms with Crippen molar-refractivity contribution in [2.24, 2.45) is 7.05 Å². The van der Waals surface area contributed by atoms with Crippen LogP contribution in [0.15, 0.2) is 36.7 Å². The molecule has 0 atom stereocenters. The first-order chi connectivity index (χ1) is 12.0. The van der Waals surface area contributed by atoms with Crippen LogP contribution in [0.3, 0.4) is 0 Å². The Morgan fingerprint density at radius 2 is 1.73 bits per heavy atom. The summed E-state index contributed by atoms with van der Waals surface area (Å²) in [6, 6.07) is 11.8. The van der Waals surface area contributed by atoms with Gasteiger partial charge in [-0.2, -0.15) is 0 Å². The minimum atomic E-state index is 0. The molecular formula is C21H21IrN4-. The van der Waals surface area contributed by atoms with Gasteiger partial charge in [0.1, 0.15) is 0 Å². The molecule has 5 heteroatoms. The third-order valence-corrected chi connectivity index (χ3v) is 4.81. The zero-order chi connectivity index (χ0) is 17.7. The van der Waals surface area contributed by atoms with Crippen molar-refractivity contribution in [2.45, 2.75) is 27.7 Å². The zero-order valence-electron chi connectivity index (χ0n) is 15.6. The second-order valence-electron chi connectivity index (χ2n) is 6.67. The summed E-state index contributed by atoms with van der Waals surface area (Å²) in [6.45, 7) is 8.44. The van der Waals surface area contributed by atoms with Crippen LogP contribution in [0.1, 0.15) is 22.5 Å². The van der Waals surface area contributed by atoms with E-state index < -0.39 is 0 Å². The smallest absolute Gasteiger partial charge is 0.0941 e. The predicted molar refractivity (Wildman–Crippen MR) is 101 cm³/mol. The van der Waals surface area contributed by atoms with Gasteiger partial charge in [-0.25, -0.2) is 0 Å². The normalized spacial score (nSPS) is 11.0. The minimum Gasteiger partial charge on any atom is -0.349 e. The van der Waals surface area contributed by atoms with Gasteiger partial charge in [-0.15, -0.1) is 18.2 Å². The van der Waals surface area contributed by atoms with Crippen LogP contribution in [0.4, 0.5) is 0 Å². The Morgan fingerprint density at radius 3 is 2.42 bits per heavy atom. The Hall–Kier alpha value is -2.23. The fourth-order valence-corrected chi connectivity index (χ4v) is 3.67. The molecule has 0 bridgehead atoms. The summed E-state index contributed by atoms with van der Waals surface area (Å²) in [4.78, 5) is 9.38. The molecule has 0 aliphatic heterocycles. The van der Waals surface area contributed by atoms with Crippen molar-refractivity contribution in [3.8, 4) is 17.1 Å². The molecule has 0 saturated carbocycles. The molecular weight excluding hydrogens is 500 g/mol. The molecule has 2 aromatic carbocycles. The van der Waals surface area contributed by atoms with Gasteiger partial charge in [0.15, 0.2) is 0 Å². The maximum Gasteiger partial charge on any atom is 0.0941 e. The summed E-state index contributed by atoms with van der Waals surface area (Å²) in [7, 11) is 2.04. The fraction of sp³-hybridized carbons (Fsp3) is 0.238. The summed E-state index contributed by atoms with van der Waals surface area (Å²) in [6.07, 6.45) is 3.86. The van der Waals surface area contributed by atoms with E-state index in [0.29, 0.717) is 0 Å². The molecule has 0 aliphatic carbocycles. The molecule has 0 unspecified atom stereocenters. The minimum absolute atomic E-state index is 0. The summed E-state index contributed by atoms with van der Waals surface area (Å²) < 4.78 is 4.25.